The fourth-order valence-electron chi connectivity index (χ4n) is 1.51. The maximum atomic E-state index is 4.49. The van der Waals surface area contributed by atoms with Gasteiger partial charge in [0, 0.05) is 17.8 Å². The van der Waals surface area contributed by atoms with Gasteiger partial charge in [-0.25, -0.2) is 0 Å². The van der Waals surface area contributed by atoms with Crippen LogP contribution in [-0.2, 0) is 0 Å². The Balaban J connectivity index is 2.04. The summed E-state index contributed by atoms with van der Waals surface area (Å²) in [4.78, 5) is 6.87. The lowest BCUT2D eigenvalue weighted by Crippen LogP contribution is -2.30. The van der Waals surface area contributed by atoms with Gasteiger partial charge in [-0.15, -0.1) is 0 Å². The molecule has 0 saturated carbocycles. The summed E-state index contributed by atoms with van der Waals surface area (Å²) in [5, 5.41) is 5.29. The third kappa shape index (κ3) is 4.74. The number of nitrogens with zero attached hydrogens (tertiary/aromatic N) is 2. The quantitative estimate of drug-likeness (QED) is 0.725. The van der Waals surface area contributed by atoms with Crippen LogP contribution in [0.4, 0.5) is 0 Å². The van der Waals surface area contributed by atoms with E-state index in [1.807, 2.05) is 11.8 Å². The van der Waals surface area contributed by atoms with Crippen LogP contribution in [0.15, 0.2) is 4.99 Å². The van der Waals surface area contributed by atoms with Crippen LogP contribution in [-0.4, -0.2) is 48.0 Å². The van der Waals surface area contributed by atoms with E-state index in [9.17, 15) is 0 Å². The average molecular weight is 243 g/mol. The molecule has 0 aromatic heterocycles. The Kier molecular flexibility index (Phi) is 6.21. The number of thioether (sulfide) groups is 1. The highest BCUT2D eigenvalue weighted by atomic mass is 32.2. The van der Waals surface area contributed by atoms with Gasteiger partial charge in [0.1, 0.15) is 0 Å². The monoisotopic (exact) mass is 243 g/mol. The van der Waals surface area contributed by atoms with E-state index in [-0.39, 0.29) is 0 Å². The van der Waals surface area contributed by atoms with Crippen LogP contribution in [0.1, 0.15) is 33.6 Å². The van der Waals surface area contributed by atoms with Gasteiger partial charge in [-0.05, 0) is 40.3 Å². The average Bonchev–Trinajstić information content (AvgIpc) is 2.71. The number of nitrogens with one attached hydrogen (secondary N) is 1. The molecule has 0 saturated heterocycles. The summed E-state index contributed by atoms with van der Waals surface area (Å²) in [7, 11) is 2.18. The standard InChI is InChI=1S/C12H25N3S/c1-5-11-9-14-12(16-11)13-7-6-8-15(4)10(2)3/h10-11H,5-9H2,1-4H3,(H,13,14). The van der Waals surface area contributed by atoms with E-state index < -0.39 is 0 Å². The van der Waals surface area contributed by atoms with Crippen molar-refractivity contribution in [1.29, 1.82) is 0 Å². The second-order valence-electron chi connectivity index (χ2n) is 4.65. The molecule has 1 aliphatic rings. The smallest absolute Gasteiger partial charge is 0.156 e. The van der Waals surface area contributed by atoms with E-state index in [1.165, 1.54) is 12.8 Å². The zero-order chi connectivity index (χ0) is 12.0. The summed E-state index contributed by atoms with van der Waals surface area (Å²) in [5.74, 6) is 0. The van der Waals surface area contributed by atoms with Crippen molar-refractivity contribution in [3.63, 3.8) is 0 Å². The van der Waals surface area contributed by atoms with Crippen LogP contribution in [0.3, 0.4) is 0 Å². The van der Waals surface area contributed by atoms with Gasteiger partial charge in [0.25, 0.3) is 0 Å². The Hall–Kier alpha value is -0.220. The number of aliphatic imine (C=N–C) groups is 1. The highest BCUT2D eigenvalue weighted by molar-refractivity contribution is 8.14. The fraction of sp³-hybridized carbons (Fsp3) is 0.917. The van der Waals surface area contributed by atoms with E-state index in [2.05, 4.69) is 43.0 Å². The lowest BCUT2D eigenvalue weighted by molar-refractivity contribution is 0.271. The largest absolute Gasteiger partial charge is 0.365 e. The third-order valence-electron chi connectivity index (χ3n) is 3.02. The number of hydrogen-bond acceptors (Lipinski definition) is 4. The van der Waals surface area contributed by atoms with Gasteiger partial charge in [-0.1, -0.05) is 18.7 Å². The molecule has 0 aromatic rings. The van der Waals surface area contributed by atoms with E-state index in [0.29, 0.717) is 11.3 Å². The van der Waals surface area contributed by atoms with Gasteiger partial charge in [0.05, 0.1) is 6.54 Å². The second-order valence-corrected chi connectivity index (χ2v) is 5.94. The van der Waals surface area contributed by atoms with Crippen molar-refractivity contribution in [3.8, 4) is 0 Å². The number of hydrogen-bond donors (Lipinski definition) is 1. The van der Waals surface area contributed by atoms with Crippen LogP contribution < -0.4 is 5.32 Å². The second kappa shape index (κ2) is 7.17. The zero-order valence-corrected chi connectivity index (χ0v) is 11.8. The molecule has 0 amide bonds. The Morgan fingerprint density at radius 1 is 1.56 bits per heavy atom. The molecule has 94 valence electrons. The third-order valence-corrected chi connectivity index (χ3v) is 4.33. The molecular weight excluding hydrogens is 218 g/mol. The summed E-state index contributed by atoms with van der Waals surface area (Å²) in [6.45, 7) is 9.88. The molecule has 1 N–H and O–H groups in total. The van der Waals surface area contributed by atoms with Crippen molar-refractivity contribution in [3.05, 3.63) is 0 Å². The van der Waals surface area contributed by atoms with Gasteiger partial charge >= 0.3 is 0 Å². The van der Waals surface area contributed by atoms with Crippen LogP contribution >= 0.6 is 11.8 Å². The molecule has 4 heteroatoms. The minimum atomic E-state index is 0.641. The van der Waals surface area contributed by atoms with Crippen molar-refractivity contribution in [2.24, 2.45) is 4.99 Å². The number of rotatable bonds is 6. The van der Waals surface area contributed by atoms with Crippen LogP contribution in [0, 0.1) is 0 Å². The van der Waals surface area contributed by atoms with E-state index >= 15 is 0 Å². The minimum Gasteiger partial charge on any atom is -0.365 e. The summed E-state index contributed by atoms with van der Waals surface area (Å²) < 4.78 is 0. The first-order valence-corrected chi connectivity index (χ1v) is 7.16. The van der Waals surface area contributed by atoms with Crippen LogP contribution in [0.5, 0.6) is 0 Å². The zero-order valence-electron chi connectivity index (χ0n) is 11.0. The molecule has 0 aromatic carbocycles. The molecule has 1 rings (SSSR count). The van der Waals surface area contributed by atoms with Crippen molar-refractivity contribution < 1.29 is 0 Å². The predicted octanol–water partition coefficient (Wildman–Crippen LogP) is 2.19. The summed E-state index contributed by atoms with van der Waals surface area (Å²) in [6, 6.07) is 0.641. The molecule has 16 heavy (non-hydrogen) atoms. The topological polar surface area (TPSA) is 27.6 Å². The minimum absolute atomic E-state index is 0.641. The lowest BCUT2D eigenvalue weighted by Gasteiger charge is -2.20. The Morgan fingerprint density at radius 2 is 2.31 bits per heavy atom. The molecule has 0 radical (unpaired) electrons. The van der Waals surface area contributed by atoms with Gasteiger partial charge < -0.3 is 10.2 Å². The normalized spacial score (nSPS) is 20.6. The Bertz CT molecular complexity index is 228. The van der Waals surface area contributed by atoms with Crippen LogP contribution in [0.25, 0.3) is 0 Å². The first-order valence-electron chi connectivity index (χ1n) is 6.28. The molecule has 1 unspecified atom stereocenters. The highest BCUT2D eigenvalue weighted by Gasteiger charge is 2.16. The fourth-order valence-corrected chi connectivity index (χ4v) is 2.48. The van der Waals surface area contributed by atoms with Crippen molar-refractivity contribution in [2.75, 3.05) is 26.7 Å². The predicted molar refractivity (Wildman–Crippen MR) is 74.4 cm³/mol. The van der Waals surface area contributed by atoms with Crippen LogP contribution in [0.2, 0.25) is 0 Å². The van der Waals surface area contributed by atoms with Gasteiger partial charge in [-0.2, -0.15) is 0 Å². The van der Waals surface area contributed by atoms with E-state index in [1.54, 1.807) is 0 Å². The van der Waals surface area contributed by atoms with Crippen molar-refractivity contribution >= 4 is 16.9 Å². The number of amidine groups is 1. The van der Waals surface area contributed by atoms with E-state index in [4.69, 9.17) is 0 Å². The molecule has 0 aliphatic carbocycles. The molecule has 0 spiro atoms. The van der Waals surface area contributed by atoms with Gasteiger partial charge in [-0.3, -0.25) is 4.99 Å². The molecule has 0 fully saturated rings. The van der Waals surface area contributed by atoms with Crippen molar-refractivity contribution in [1.82, 2.24) is 10.2 Å². The maximum Gasteiger partial charge on any atom is 0.156 e. The van der Waals surface area contributed by atoms with Gasteiger partial charge in [0.15, 0.2) is 5.17 Å². The first-order chi connectivity index (χ1) is 7.63. The molecule has 0 bridgehead atoms. The van der Waals surface area contributed by atoms with Crippen molar-refractivity contribution in [2.45, 2.75) is 44.9 Å². The molecule has 1 heterocycles. The SMILES string of the molecule is CCC1CN=C(NCCCN(C)C(C)C)S1. The molecule has 3 nitrogen and oxygen atoms in total. The Morgan fingerprint density at radius 3 is 2.88 bits per heavy atom. The van der Waals surface area contributed by atoms with E-state index in [0.717, 1.165) is 24.8 Å². The van der Waals surface area contributed by atoms with Gasteiger partial charge in [0.2, 0.25) is 0 Å². The Labute approximate surface area is 104 Å². The highest BCUT2D eigenvalue weighted by Crippen LogP contribution is 2.21. The molecule has 1 atom stereocenters. The summed E-state index contributed by atoms with van der Waals surface area (Å²) in [6.07, 6.45) is 2.40. The first kappa shape index (κ1) is 13.8. The lowest BCUT2D eigenvalue weighted by atomic mass is 10.3. The maximum absolute atomic E-state index is 4.49. The molecule has 1 aliphatic heterocycles. The molecular formula is C12H25N3S. The summed E-state index contributed by atoms with van der Waals surface area (Å²) >= 11 is 1.90. The summed E-state index contributed by atoms with van der Waals surface area (Å²) in [5.41, 5.74) is 0.